The lowest BCUT2D eigenvalue weighted by atomic mass is 9.82. The van der Waals surface area contributed by atoms with Crippen molar-refractivity contribution in [1.29, 1.82) is 0 Å². The van der Waals surface area contributed by atoms with Crippen LogP contribution in [0.3, 0.4) is 0 Å². The number of ether oxygens (including phenoxy) is 2. The minimum atomic E-state index is -0.0356. The second-order valence-corrected chi connectivity index (χ2v) is 6.86. The van der Waals surface area contributed by atoms with Crippen molar-refractivity contribution in [2.75, 3.05) is 6.61 Å². The van der Waals surface area contributed by atoms with Crippen LogP contribution < -0.4 is 0 Å². The van der Waals surface area contributed by atoms with Crippen LogP contribution in [0.2, 0.25) is 0 Å². The van der Waals surface area contributed by atoms with Gasteiger partial charge in [-0.05, 0) is 37.7 Å². The summed E-state index contributed by atoms with van der Waals surface area (Å²) >= 11 is 0. The molecule has 21 heavy (non-hydrogen) atoms. The van der Waals surface area contributed by atoms with Crippen molar-refractivity contribution in [1.82, 2.24) is 0 Å². The van der Waals surface area contributed by atoms with E-state index in [0.29, 0.717) is 6.61 Å². The summed E-state index contributed by atoms with van der Waals surface area (Å²) in [5.74, 6) is 0. The molecule has 2 heteroatoms. The van der Waals surface area contributed by atoms with Crippen LogP contribution in [0, 0.1) is 0 Å². The SMILES string of the molecule is CCC1(COCc2ccccc2)CCC2(CCCCC2)O1. The van der Waals surface area contributed by atoms with Crippen LogP contribution >= 0.6 is 0 Å². The van der Waals surface area contributed by atoms with Gasteiger partial charge >= 0.3 is 0 Å². The summed E-state index contributed by atoms with van der Waals surface area (Å²) in [5, 5.41) is 0. The molecular weight excluding hydrogens is 260 g/mol. The Morgan fingerprint density at radius 2 is 1.76 bits per heavy atom. The van der Waals surface area contributed by atoms with Gasteiger partial charge in [0.25, 0.3) is 0 Å². The number of rotatable bonds is 5. The molecule has 2 aliphatic rings. The van der Waals surface area contributed by atoms with E-state index in [9.17, 15) is 0 Å². The maximum Gasteiger partial charge on any atom is 0.0921 e. The summed E-state index contributed by atoms with van der Waals surface area (Å²) in [6.45, 7) is 3.67. The first kappa shape index (κ1) is 15.1. The van der Waals surface area contributed by atoms with Crippen molar-refractivity contribution in [3.8, 4) is 0 Å². The Bertz CT molecular complexity index is 436. The maximum absolute atomic E-state index is 6.64. The molecule has 1 aliphatic carbocycles. The van der Waals surface area contributed by atoms with Gasteiger partial charge in [-0.2, -0.15) is 0 Å². The molecule has 0 aromatic heterocycles. The standard InChI is InChI=1S/C19H28O2/c1-2-18(16-20-15-17-9-5-3-6-10-17)13-14-19(21-18)11-7-4-8-12-19/h3,5-6,9-10H,2,4,7-8,11-16H2,1H3. The van der Waals surface area contributed by atoms with Crippen molar-refractivity contribution < 1.29 is 9.47 Å². The summed E-state index contributed by atoms with van der Waals surface area (Å²) < 4.78 is 12.6. The van der Waals surface area contributed by atoms with Gasteiger partial charge in [-0.1, -0.05) is 56.5 Å². The van der Waals surface area contributed by atoms with Crippen molar-refractivity contribution in [3.63, 3.8) is 0 Å². The van der Waals surface area contributed by atoms with Crippen molar-refractivity contribution in [2.45, 2.75) is 76.1 Å². The highest BCUT2D eigenvalue weighted by Crippen LogP contribution is 2.47. The summed E-state index contributed by atoms with van der Waals surface area (Å²) in [4.78, 5) is 0. The second kappa shape index (κ2) is 6.50. The summed E-state index contributed by atoms with van der Waals surface area (Å²) in [7, 11) is 0. The largest absolute Gasteiger partial charge is 0.374 e. The number of benzene rings is 1. The molecular formula is C19H28O2. The average Bonchev–Trinajstić information content (AvgIpc) is 2.88. The van der Waals surface area contributed by atoms with E-state index in [-0.39, 0.29) is 11.2 Å². The molecule has 1 saturated carbocycles. The lowest BCUT2D eigenvalue weighted by Gasteiger charge is -2.37. The Morgan fingerprint density at radius 3 is 2.48 bits per heavy atom. The first-order chi connectivity index (χ1) is 10.3. The van der Waals surface area contributed by atoms with Crippen LogP contribution in [0.5, 0.6) is 0 Å². The van der Waals surface area contributed by atoms with E-state index in [2.05, 4.69) is 31.2 Å². The van der Waals surface area contributed by atoms with E-state index < -0.39 is 0 Å². The zero-order valence-electron chi connectivity index (χ0n) is 13.3. The molecule has 1 spiro atoms. The highest BCUT2D eigenvalue weighted by Gasteiger charge is 2.48. The van der Waals surface area contributed by atoms with Crippen LogP contribution in [0.15, 0.2) is 30.3 Å². The molecule has 1 aliphatic heterocycles. The van der Waals surface area contributed by atoms with Gasteiger partial charge in [0.05, 0.1) is 24.4 Å². The van der Waals surface area contributed by atoms with Gasteiger partial charge in [-0.15, -0.1) is 0 Å². The van der Waals surface area contributed by atoms with E-state index in [1.165, 1.54) is 44.1 Å². The zero-order chi connectivity index (χ0) is 14.6. The van der Waals surface area contributed by atoms with Gasteiger partial charge in [0.2, 0.25) is 0 Å². The Kier molecular flexibility index (Phi) is 4.66. The molecule has 0 N–H and O–H groups in total. The summed E-state index contributed by atoms with van der Waals surface area (Å²) in [5.41, 5.74) is 1.39. The third-order valence-corrected chi connectivity index (χ3v) is 5.36. The lowest BCUT2D eigenvalue weighted by molar-refractivity contribution is -0.150. The molecule has 2 nitrogen and oxygen atoms in total. The monoisotopic (exact) mass is 288 g/mol. The molecule has 0 amide bonds. The number of hydrogen-bond donors (Lipinski definition) is 0. The molecule has 116 valence electrons. The Morgan fingerprint density at radius 1 is 1.00 bits per heavy atom. The van der Waals surface area contributed by atoms with Crippen molar-refractivity contribution in [3.05, 3.63) is 35.9 Å². The van der Waals surface area contributed by atoms with E-state index in [0.717, 1.165) is 19.4 Å². The molecule has 1 saturated heterocycles. The van der Waals surface area contributed by atoms with Crippen LogP contribution in [0.1, 0.15) is 63.9 Å². The van der Waals surface area contributed by atoms with E-state index in [1.807, 2.05) is 6.07 Å². The highest BCUT2D eigenvalue weighted by atomic mass is 16.6. The highest BCUT2D eigenvalue weighted by molar-refractivity contribution is 5.13. The van der Waals surface area contributed by atoms with Gasteiger partial charge in [0.1, 0.15) is 0 Å². The average molecular weight is 288 g/mol. The minimum Gasteiger partial charge on any atom is -0.374 e. The fourth-order valence-corrected chi connectivity index (χ4v) is 3.95. The molecule has 1 unspecified atom stereocenters. The minimum absolute atomic E-state index is 0.0356. The van der Waals surface area contributed by atoms with E-state index in [4.69, 9.17) is 9.47 Å². The van der Waals surface area contributed by atoms with Gasteiger partial charge in [-0.25, -0.2) is 0 Å². The van der Waals surface area contributed by atoms with Gasteiger partial charge in [0.15, 0.2) is 0 Å². The van der Waals surface area contributed by atoms with Crippen molar-refractivity contribution >= 4 is 0 Å². The van der Waals surface area contributed by atoms with Gasteiger partial charge in [0, 0.05) is 0 Å². The first-order valence-electron chi connectivity index (χ1n) is 8.58. The van der Waals surface area contributed by atoms with E-state index in [1.54, 1.807) is 0 Å². The van der Waals surface area contributed by atoms with Gasteiger partial charge in [-0.3, -0.25) is 0 Å². The Balaban J connectivity index is 1.55. The molecule has 1 heterocycles. The molecule has 2 fully saturated rings. The van der Waals surface area contributed by atoms with Crippen LogP contribution in [0.4, 0.5) is 0 Å². The summed E-state index contributed by atoms with van der Waals surface area (Å²) in [6, 6.07) is 10.4. The molecule has 3 rings (SSSR count). The smallest absolute Gasteiger partial charge is 0.0921 e. The lowest BCUT2D eigenvalue weighted by Crippen LogP contribution is -2.39. The predicted molar refractivity (Wildman–Crippen MR) is 85.3 cm³/mol. The molecule has 1 aromatic carbocycles. The van der Waals surface area contributed by atoms with Gasteiger partial charge < -0.3 is 9.47 Å². The quantitative estimate of drug-likeness (QED) is 0.770. The maximum atomic E-state index is 6.64. The zero-order valence-corrected chi connectivity index (χ0v) is 13.3. The topological polar surface area (TPSA) is 18.5 Å². The Hall–Kier alpha value is -0.860. The van der Waals surface area contributed by atoms with E-state index >= 15 is 0 Å². The predicted octanol–water partition coefficient (Wildman–Crippen LogP) is 4.87. The van der Waals surface area contributed by atoms with Crippen molar-refractivity contribution in [2.24, 2.45) is 0 Å². The Labute approximate surface area is 128 Å². The second-order valence-electron chi connectivity index (χ2n) is 6.86. The normalized spacial score (nSPS) is 28.0. The molecule has 1 aromatic rings. The van der Waals surface area contributed by atoms with Crippen LogP contribution in [-0.4, -0.2) is 17.8 Å². The fourth-order valence-electron chi connectivity index (χ4n) is 3.95. The molecule has 0 radical (unpaired) electrons. The molecule has 0 bridgehead atoms. The van der Waals surface area contributed by atoms with Crippen LogP contribution in [0.25, 0.3) is 0 Å². The third-order valence-electron chi connectivity index (χ3n) is 5.36. The number of hydrogen-bond acceptors (Lipinski definition) is 2. The molecule has 1 atom stereocenters. The van der Waals surface area contributed by atoms with Crippen LogP contribution in [-0.2, 0) is 16.1 Å². The third kappa shape index (κ3) is 3.49. The first-order valence-corrected chi connectivity index (χ1v) is 8.58. The summed E-state index contributed by atoms with van der Waals surface area (Å²) in [6.07, 6.45) is 10.0. The fraction of sp³-hybridized carbons (Fsp3) is 0.684.